The summed E-state index contributed by atoms with van der Waals surface area (Å²) in [5, 5.41) is 2.76. The van der Waals surface area contributed by atoms with Crippen molar-refractivity contribution in [2.45, 2.75) is 44.4 Å². The quantitative estimate of drug-likeness (QED) is 0.801. The van der Waals surface area contributed by atoms with Crippen LogP contribution in [0.2, 0.25) is 0 Å². The predicted octanol–water partition coefficient (Wildman–Crippen LogP) is 4.31. The minimum atomic E-state index is -3.45. The molecule has 0 bridgehead atoms. The topological polar surface area (TPSA) is 63.2 Å². The molecule has 0 unspecified atom stereocenters. The number of rotatable bonds is 7. The molecule has 0 aliphatic carbocycles. The van der Waals surface area contributed by atoms with Gasteiger partial charge in [0.05, 0.1) is 10.6 Å². The Hall–Kier alpha value is -2.14. The SMILES string of the molecule is CC[C@H](C)c1ccc(NC(=O)CCS(=O)(=O)c2ccc(C)cc2)cc1. The van der Waals surface area contributed by atoms with E-state index in [2.05, 4.69) is 19.2 Å². The van der Waals surface area contributed by atoms with Gasteiger partial charge in [-0.05, 0) is 49.1 Å². The molecule has 5 heteroatoms. The Morgan fingerprint density at radius 1 is 1.04 bits per heavy atom. The van der Waals surface area contributed by atoms with Crippen molar-refractivity contribution in [2.24, 2.45) is 0 Å². The summed E-state index contributed by atoms with van der Waals surface area (Å²) in [6.07, 6.45) is 0.992. The minimum Gasteiger partial charge on any atom is -0.326 e. The van der Waals surface area contributed by atoms with Crippen molar-refractivity contribution in [3.8, 4) is 0 Å². The molecule has 1 atom stereocenters. The fraction of sp³-hybridized carbons (Fsp3) is 0.350. The predicted molar refractivity (Wildman–Crippen MR) is 102 cm³/mol. The number of hydrogen-bond donors (Lipinski definition) is 1. The smallest absolute Gasteiger partial charge is 0.225 e. The molecular weight excluding hydrogens is 334 g/mol. The van der Waals surface area contributed by atoms with Gasteiger partial charge < -0.3 is 5.32 Å². The summed E-state index contributed by atoms with van der Waals surface area (Å²) >= 11 is 0. The molecule has 134 valence electrons. The second-order valence-corrected chi connectivity index (χ2v) is 8.47. The van der Waals surface area contributed by atoms with Crippen LogP contribution in [0.5, 0.6) is 0 Å². The summed E-state index contributed by atoms with van der Waals surface area (Å²) in [7, 11) is -3.45. The Morgan fingerprint density at radius 2 is 1.64 bits per heavy atom. The van der Waals surface area contributed by atoms with Crippen LogP contribution < -0.4 is 5.32 Å². The number of hydrogen-bond acceptors (Lipinski definition) is 3. The highest BCUT2D eigenvalue weighted by molar-refractivity contribution is 7.91. The van der Waals surface area contributed by atoms with Gasteiger partial charge in [0.15, 0.2) is 9.84 Å². The lowest BCUT2D eigenvalue weighted by Crippen LogP contribution is -2.17. The average Bonchev–Trinajstić information content (AvgIpc) is 2.60. The second-order valence-electron chi connectivity index (χ2n) is 6.36. The highest BCUT2D eigenvalue weighted by atomic mass is 32.2. The number of amides is 1. The molecule has 2 rings (SSSR count). The first kappa shape index (κ1) is 19.2. The zero-order chi connectivity index (χ0) is 18.4. The molecule has 0 radical (unpaired) electrons. The molecule has 2 aromatic rings. The van der Waals surface area contributed by atoms with Gasteiger partial charge in [-0.2, -0.15) is 0 Å². The standard InChI is InChI=1S/C20H25NO3S/c1-4-16(3)17-7-9-18(10-8-17)21-20(22)13-14-25(23,24)19-11-5-15(2)6-12-19/h5-12,16H,4,13-14H2,1-3H3,(H,21,22)/t16-/m0/s1. The highest BCUT2D eigenvalue weighted by Crippen LogP contribution is 2.20. The Balaban J connectivity index is 1.93. The van der Waals surface area contributed by atoms with Crippen molar-refractivity contribution in [2.75, 3.05) is 11.1 Å². The maximum Gasteiger partial charge on any atom is 0.225 e. The molecule has 25 heavy (non-hydrogen) atoms. The summed E-state index contributed by atoms with van der Waals surface area (Å²) in [5.41, 5.74) is 2.91. The van der Waals surface area contributed by atoms with E-state index in [-0.39, 0.29) is 23.0 Å². The van der Waals surface area contributed by atoms with Crippen molar-refractivity contribution in [1.82, 2.24) is 0 Å². The van der Waals surface area contributed by atoms with Crippen molar-refractivity contribution in [1.29, 1.82) is 0 Å². The van der Waals surface area contributed by atoms with Crippen LogP contribution in [0.3, 0.4) is 0 Å². The third-order valence-electron chi connectivity index (χ3n) is 4.35. The third-order valence-corrected chi connectivity index (χ3v) is 6.09. The molecule has 0 fully saturated rings. The monoisotopic (exact) mass is 359 g/mol. The number of aryl methyl sites for hydroxylation is 1. The van der Waals surface area contributed by atoms with E-state index in [4.69, 9.17) is 0 Å². The van der Waals surface area contributed by atoms with E-state index in [0.717, 1.165) is 12.0 Å². The van der Waals surface area contributed by atoms with Crippen LogP contribution in [0.4, 0.5) is 5.69 Å². The average molecular weight is 359 g/mol. The molecule has 0 saturated heterocycles. The Bertz CT molecular complexity index is 809. The van der Waals surface area contributed by atoms with Gasteiger partial charge in [0.25, 0.3) is 0 Å². The number of carbonyl (C=O) groups excluding carboxylic acids is 1. The number of benzene rings is 2. The van der Waals surface area contributed by atoms with Crippen LogP contribution in [0, 0.1) is 6.92 Å². The van der Waals surface area contributed by atoms with Crippen LogP contribution in [-0.2, 0) is 14.6 Å². The molecule has 2 aromatic carbocycles. The van der Waals surface area contributed by atoms with Gasteiger partial charge in [-0.1, -0.05) is 43.7 Å². The largest absolute Gasteiger partial charge is 0.326 e. The van der Waals surface area contributed by atoms with E-state index < -0.39 is 9.84 Å². The first-order chi connectivity index (χ1) is 11.8. The molecule has 1 N–H and O–H groups in total. The highest BCUT2D eigenvalue weighted by Gasteiger charge is 2.16. The van der Waals surface area contributed by atoms with E-state index in [1.807, 2.05) is 31.2 Å². The molecule has 0 heterocycles. The molecule has 0 aliphatic heterocycles. The lowest BCUT2D eigenvalue weighted by atomic mass is 9.99. The van der Waals surface area contributed by atoms with Crippen LogP contribution >= 0.6 is 0 Å². The third kappa shape index (κ3) is 5.43. The molecule has 0 aliphatic rings. The van der Waals surface area contributed by atoms with E-state index in [0.29, 0.717) is 11.6 Å². The van der Waals surface area contributed by atoms with Crippen molar-refractivity contribution >= 4 is 21.4 Å². The van der Waals surface area contributed by atoms with Gasteiger partial charge in [0, 0.05) is 12.1 Å². The zero-order valence-electron chi connectivity index (χ0n) is 15.0. The Morgan fingerprint density at radius 3 is 2.20 bits per heavy atom. The number of carbonyl (C=O) groups is 1. The van der Waals surface area contributed by atoms with E-state index in [9.17, 15) is 13.2 Å². The summed E-state index contributed by atoms with van der Waals surface area (Å²) in [5.74, 6) is -0.0243. The van der Waals surface area contributed by atoms with Crippen molar-refractivity contribution in [3.05, 3.63) is 59.7 Å². The first-order valence-electron chi connectivity index (χ1n) is 8.51. The lowest BCUT2D eigenvalue weighted by molar-refractivity contribution is -0.115. The van der Waals surface area contributed by atoms with Gasteiger partial charge in [0.1, 0.15) is 0 Å². The normalized spacial score (nSPS) is 12.6. The van der Waals surface area contributed by atoms with Crippen molar-refractivity contribution in [3.63, 3.8) is 0 Å². The van der Waals surface area contributed by atoms with Crippen LogP contribution in [-0.4, -0.2) is 20.1 Å². The van der Waals surface area contributed by atoms with Gasteiger partial charge in [-0.3, -0.25) is 4.79 Å². The van der Waals surface area contributed by atoms with Gasteiger partial charge in [-0.25, -0.2) is 8.42 Å². The number of sulfone groups is 1. The number of anilines is 1. The molecule has 1 amide bonds. The summed E-state index contributed by atoms with van der Waals surface area (Å²) in [4.78, 5) is 12.3. The summed E-state index contributed by atoms with van der Waals surface area (Å²) in [6.45, 7) is 6.19. The van der Waals surface area contributed by atoms with Gasteiger partial charge >= 0.3 is 0 Å². The Labute approximate surface area is 150 Å². The molecular formula is C20H25NO3S. The van der Waals surface area contributed by atoms with Gasteiger partial charge in [-0.15, -0.1) is 0 Å². The van der Waals surface area contributed by atoms with Crippen molar-refractivity contribution < 1.29 is 13.2 Å². The van der Waals surface area contributed by atoms with Gasteiger partial charge in [0.2, 0.25) is 5.91 Å². The van der Waals surface area contributed by atoms with Crippen LogP contribution in [0.25, 0.3) is 0 Å². The zero-order valence-corrected chi connectivity index (χ0v) is 15.8. The summed E-state index contributed by atoms with van der Waals surface area (Å²) < 4.78 is 24.5. The lowest BCUT2D eigenvalue weighted by Gasteiger charge is -2.10. The van der Waals surface area contributed by atoms with E-state index >= 15 is 0 Å². The first-order valence-corrected chi connectivity index (χ1v) is 10.2. The maximum atomic E-state index is 12.3. The fourth-order valence-corrected chi connectivity index (χ4v) is 3.69. The Kier molecular flexibility index (Phi) is 6.37. The van der Waals surface area contributed by atoms with Crippen LogP contribution in [0.1, 0.15) is 43.7 Å². The van der Waals surface area contributed by atoms with E-state index in [1.165, 1.54) is 5.56 Å². The molecule has 4 nitrogen and oxygen atoms in total. The minimum absolute atomic E-state index is 0.0661. The maximum absolute atomic E-state index is 12.3. The second kappa shape index (κ2) is 8.30. The fourth-order valence-electron chi connectivity index (χ4n) is 2.44. The molecule has 0 spiro atoms. The van der Waals surface area contributed by atoms with Crippen LogP contribution in [0.15, 0.2) is 53.4 Å². The van der Waals surface area contributed by atoms with E-state index in [1.54, 1.807) is 24.3 Å². The molecule has 0 aromatic heterocycles. The summed E-state index contributed by atoms with van der Waals surface area (Å²) in [6, 6.07) is 14.4. The molecule has 0 saturated carbocycles. The number of nitrogens with one attached hydrogen (secondary N) is 1.